The van der Waals surface area contributed by atoms with E-state index in [1.54, 1.807) is 26.0 Å². The Kier molecular flexibility index (Phi) is 10.3. The van der Waals surface area contributed by atoms with Gasteiger partial charge in [0.2, 0.25) is 10.0 Å². The fraction of sp³-hybridized carbons (Fsp3) is 0.250. The third-order valence-electron chi connectivity index (χ3n) is 7.21. The summed E-state index contributed by atoms with van der Waals surface area (Å²) >= 11 is 12.9. The number of hydrogen-bond donors (Lipinski definition) is 3. The average molecular weight is 711 g/mol. The summed E-state index contributed by atoms with van der Waals surface area (Å²) in [5.74, 6) is 0.339. The summed E-state index contributed by atoms with van der Waals surface area (Å²) in [6, 6.07) is 17.6. The molecule has 3 N–H and O–H groups in total. The lowest BCUT2D eigenvalue weighted by Crippen LogP contribution is -2.33. The van der Waals surface area contributed by atoms with E-state index in [4.69, 9.17) is 23.2 Å². The molecule has 0 saturated carbocycles. The van der Waals surface area contributed by atoms with Crippen LogP contribution in [0.4, 0.5) is 22.7 Å². The molecule has 1 atom stereocenters. The molecule has 250 valence electrons. The Balaban J connectivity index is 1.34. The quantitative estimate of drug-likeness (QED) is 0.118. The van der Waals surface area contributed by atoms with Gasteiger partial charge in [0, 0.05) is 6.04 Å². The molecular weight excluding hydrogens is 677 g/mol. The molecule has 0 radical (unpaired) electrons. The van der Waals surface area contributed by atoms with Gasteiger partial charge in [-0.3, -0.25) is 19.8 Å². The third-order valence-corrected chi connectivity index (χ3v) is 9.42. The molecule has 2 heterocycles. The summed E-state index contributed by atoms with van der Waals surface area (Å²) in [7, 11) is -3.73. The SMILES string of the molecule is Cc1[nH]n(-c2ccccc2)c(=O)c1N=Nc1cc(Cl)c(N=Nc2c(C)[nH]n(-c3ccc(S(=O)(=O)NC(C)CC(C)C)cc3)c2=O)cc1Cl. The molecule has 5 rings (SSSR count). The Bertz CT molecular complexity index is 2240. The van der Waals surface area contributed by atoms with Gasteiger partial charge in [-0.05, 0) is 81.6 Å². The monoisotopic (exact) mass is 709 g/mol. The van der Waals surface area contributed by atoms with Gasteiger partial charge in [-0.1, -0.05) is 55.2 Å². The predicted molar refractivity (Wildman–Crippen MR) is 186 cm³/mol. The van der Waals surface area contributed by atoms with Crippen LogP contribution >= 0.6 is 23.2 Å². The van der Waals surface area contributed by atoms with Gasteiger partial charge in [0.1, 0.15) is 11.4 Å². The first kappa shape index (κ1) is 34.7. The van der Waals surface area contributed by atoms with E-state index in [1.807, 2.05) is 39.0 Å². The third kappa shape index (κ3) is 7.57. The minimum atomic E-state index is -3.73. The second-order valence-electron chi connectivity index (χ2n) is 11.6. The molecule has 1 unspecified atom stereocenters. The number of rotatable bonds is 11. The molecule has 0 aliphatic rings. The van der Waals surface area contributed by atoms with Crippen molar-refractivity contribution < 1.29 is 8.42 Å². The van der Waals surface area contributed by atoms with E-state index in [2.05, 4.69) is 35.4 Å². The number of aromatic nitrogens is 4. The minimum Gasteiger partial charge on any atom is -0.293 e. The molecule has 0 saturated heterocycles. The van der Waals surface area contributed by atoms with E-state index in [1.165, 1.54) is 45.8 Å². The van der Waals surface area contributed by atoms with Crippen LogP contribution in [0.1, 0.15) is 38.6 Å². The van der Waals surface area contributed by atoms with Crippen LogP contribution in [0.3, 0.4) is 0 Å². The van der Waals surface area contributed by atoms with E-state index >= 15 is 0 Å². The van der Waals surface area contributed by atoms with Crippen molar-refractivity contribution in [3.63, 3.8) is 0 Å². The zero-order chi connectivity index (χ0) is 34.7. The highest BCUT2D eigenvalue weighted by Crippen LogP contribution is 2.37. The molecule has 0 spiro atoms. The van der Waals surface area contributed by atoms with Gasteiger partial charge in [-0.25, -0.2) is 22.5 Å². The maximum Gasteiger partial charge on any atom is 0.299 e. The lowest BCUT2D eigenvalue weighted by atomic mass is 10.1. The molecule has 5 aromatic rings. The number of hydrogen-bond acceptors (Lipinski definition) is 8. The van der Waals surface area contributed by atoms with Crippen molar-refractivity contribution in [2.24, 2.45) is 26.4 Å². The number of aryl methyl sites for hydroxylation is 2. The van der Waals surface area contributed by atoms with Gasteiger partial charge in [0.25, 0.3) is 11.1 Å². The zero-order valence-electron chi connectivity index (χ0n) is 26.7. The highest BCUT2D eigenvalue weighted by atomic mass is 35.5. The van der Waals surface area contributed by atoms with Crippen molar-refractivity contribution >= 4 is 56.0 Å². The highest BCUT2D eigenvalue weighted by Gasteiger charge is 2.19. The molecule has 0 amide bonds. The largest absolute Gasteiger partial charge is 0.299 e. The number of para-hydroxylation sites is 1. The number of halogens is 2. The zero-order valence-corrected chi connectivity index (χ0v) is 29.0. The first-order chi connectivity index (χ1) is 22.7. The van der Waals surface area contributed by atoms with Crippen molar-refractivity contribution in [3.05, 3.63) is 109 Å². The molecule has 0 fully saturated rings. The van der Waals surface area contributed by atoms with Gasteiger partial charge in [0.05, 0.1) is 37.7 Å². The number of nitrogens with one attached hydrogen (secondary N) is 3. The van der Waals surface area contributed by atoms with Crippen LogP contribution in [0.2, 0.25) is 10.0 Å². The van der Waals surface area contributed by atoms with Crippen molar-refractivity contribution in [3.8, 4) is 11.4 Å². The predicted octanol–water partition coefficient (Wildman–Crippen LogP) is 8.11. The Morgan fingerprint density at radius 2 is 1.19 bits per heavy atom. The van der Waals surface area contributed by atoms with Crippen molar-refractivity contribution in [1.82, 2.24) is 24.3 Å². The number of nitrogens with zero attached hydrogens (tertiary/aromatic N) is 6. The Morgan fingerprint density at radius 3 is 1.65 bits per heavy atom. The van der Waals surface area contributed by atoms with Gasteiger partial charge >= 0.3 is 0 Å². The minimum absolute atomic E-state index is 0.0180. The average Bonchev–Trinajstić information content (AvgIpc) is 3.48. The first-order valence-corrected chi connectivity index (χ1v) is 17.1. The van der Waals surface area contributed by atoms with Crippen LogP contribution in [0, 0.1) is 19.8 Å². The van der Waals surface area contributed by atoms with E-state index in [0.717, 1.165) is 0 Å². The summed E-state index contributed by atoms with van der Waals surface area (Å²) in [6.07, 6.45) is 0.700. The summed E-state index contributed by atoms with van der Waals surface area (Å²) < 4.78 is 30.9. The number of aromatic amines is 2. The van der Waals surface area contributed by atoms with Gasteiger partial charge in [0.15, 0.2) is 11.4 Å². The number of sulfonamides is 1. The van der Waals surface area contributed by atoms with Crippen LogP contribution in [-0.2, 0) is 10.0 Å². The maximum atomic E-state index is 13.2. The molecule has 0 bridgehead atoms. The van der Waals surface area contributed by atoms with E-state index in [0.29, 0.717) is 35.1 Å². The number of azo groups is 2. The smallest absolute Gasteiger partial charge is 0.293 e. The van der Waals surface area contributed by atoms with E-state index in [9.17, 15) is 18.0 Å². The van der Waals surface area contributed by atoms with Gasteiger partial charge in [-0.2, -0.15) is 0 Å². The van der Waals surface area contributed by atoms with Crippen LogP contribution in [0.25, 0.3) is 11.4 Å². The second-order valence-corrected chi connectivity index (χ2v) is 14.1. The topological polar surface area (TPSA) is 171 Å². The summed E-state index contributed by atoms with van der Waals surface area (Å²) in [6.45, 7) is 9.22. The summed E-state index contributed by atoms with van der Waals surface area (Å²) in [4.78, 5) is 26.3. The van der Waals surface area contributed by atoms with Crippen molar-refractivity contribution in [2.75, 3.05) is 0 Å². The lowest BCUT2D eigenvalue weighted by Gasteiger charge is -2.16. The van der Waals surface area contributed by atoms with Crippen LogP contribution in [0.15, 0.2) is 102 Å². The summed E-state index contributed by atoms with van der Waals surface area (Å²) in [5.41, 5.74) is 1.59. The molecule has 48 heavy (non-hydrogen) atoms. The second kappa shape index (κ2) is 14.2. The van der Waals surface area contributed by atoms with Crippen LogP contribution in [-0.4, -0.2) is 34.0 Å². The van der Waals surface area contributed by atoms with Crippen LogP contribution in [0.5, 0.6) is 0 Å². The molecule has 2 aromatic heterocycles. The Morgan fingerprint density at radius 1 is 0.729 bits per heavy atom. The fourth-order valence-electron chi connectivity index (χ4n) is 5.00. The number of H-pyrrole nitrogens is 2. The van der Waals surface area contributed by atoms with Crippen molar-refractivity contribution in [1.29, 1.82) is 0 Å². The molecule has 0 aliphatic carbocycles. The van der Waals surface area contributed by atoms with Crippen LogP contribution < -0.4 is 15.8 Å². The van der Waals surface area contributed by atoms with Gasteiger partial charge < -0.3 is 0 Å². The lowest BCUT2D eigenvalue weighted by molar-refractivity contribution is 0.482. The summed E-state index contributed by atoms with van der Waals surface area (Å²) in [5, 5.41) is 22.7. The van der Waals surface area contributed by atoms with Gasteiger partial charge in [-0.15, -0.1) is 20.5 Å². The molecule has 13 nitrogen and oxygen atoms in total. The molecule has 3 aromatic carbocycles. The molecular formula is C32H33Cl2N9O4S. The highest BCUT2D eigenvalue weighted by molar-refractivity contribution is 7.89. The van der Waals surface area contributed by atoms with E-state index in [-0.39, 0.29) is 49.3 Å². The first-order valence-electron chi connectivity index (χ1n) is 14.9. The Labute approximate surface area is 286 Å². The van der Waals surface area contributed by atoms with Crippen molar-refractivity contribution in [2.45, 2.75) is 52.0 Å². The molecule has 0 aliphatic heterocycles. The standard InChI is InChI=1S/C32H33Cl2N9O4S/c1-18(2)15-19(3)41-48(46,47)24-13-11-23(12-14-24)43-32(45)30(21(5)40-43)38-36-28-17-25(33)27(16-26(28)34)35-37-29-20(4)39-42(31(29)44)22-9-7-6-8-10-22/h6-14,16-19,39-41H,15H2,1-5H3. The van der Waals surface area contributed by atoms with E-state index < -0.39 is 15.6 Å². The number of benzene rings is 3. The normalized spacial score (nSPS) is 12.9. The maximum absolute atomic E-state index is 13.2. The Hall–Kier alpha value is -4.63. The molecule has 16 heteroatoms. The fourth-order valence-corrected chi connectivity index (χ4v) is 6.65.